The summed E-state index contributed by atoms with van der Waals surface area (Å²) in [6.45, 7) is 0. The Morgan fingerprint density at radius 1 is 1.05 bits per heavy atom. The summed E-state index contributed by atoms with van der Waals surface area (Å²) in [5.41, 5.74) is -0.372. The minimum Gasteiger partial charge on any atom is -0.277 e. The molecule has 0 saturated carbocycles. The van der Waals surface area contributed by atoms with E-state index in [9.17, 15) is 21.6 Å². The molecule has 20 heavy (non-hydrogen) atoms. The molecule has 3 nitrogen and oxygen atoms in total. The molecular weight excluding hydrogens is 359 g/mol. The van der Waals surface area contributed by atoms with Crippen molar-refractivity contribution in [2.45, 2.75) is 4.90 Å². The molecule has 2 aromatic carbocycles. The molecule has 0 spiro atoms. The van der Waals surface area contributed by atoms with Crippen LogP contribution in [0.1, 0.15) is 0 Å². The predicted octanol–water partition coefficient (Wildman–Crippen LogP) is 3.67. The van der Waals surface area contributed by atoms with Crippen LogP contribution in [0.2, 0.25) is 0 Å². The lowest BCUT2D eigenvalue weighted by molar-refractivity contribution is 0.555. The Morgan fingerprint density at radius 3 is 2.45 bits per heavy atom. The van der Waals surface area contributed by atoms with E-state index in [-0.39, 0.29) is 10.2 Å². The van der Waals surface area contributed by atoms with Crippen molar-refractivity contribution in [3.8, 4) is 0 Å². The van der Waals surface area contributed by atoms with Gasteiger partial charge in [0.15, 0.2) is 5.82 Å². The highest BCUT2D eigenvalue weighted by molar-refractivity contribution is 9.10. The van der Waals surface area contributed by atoms with Crippen LogP contribution in [0, 0.1) is 17.5 Å². The van der Waals surface area contributed by atoms with Crippen LogP contribution in [0.4, 0.5) is 18.9 Å². The van der Waals surface area contributed by atoms with Gasteiger partial charge >= 0.3 is 0 Å². The van der Waals surface area contributed by atoms with Gasteiger partial charge in [-0.2, -0.15) is 0 Å². The molecule has 0 aliphatic rings. The molecular formula is C12H7BrF3NO2S. The largest absolute Gasteiger partial charge is 0.277 e. The van der Waals surface area contributed by atoms with E-state index in [4.69, 9.17) is 0 Å². The smallest absolute Gasteiger partial charge is 0.265 e. The number of rotatable bonds is 3. The summed E-state index contributed by atoms with van der Waals surface area (Å²) in [5.74, 6) is -2.90. The van der Waals surface area contributed by atoms with E-state index < -0.39 is 32.4 Å². The summed E-state index contributed by atoms with van der Waals surface area (Å²) in [6, 6.07) is 5.92. The minimum atomic E-state index is -4.43. The van der Waals surface area contributed by atoms with E-state index in [1.165, 1.54) is 12.1 Å². The number of benzene rings is 2. The first kappa shape index (κ1) is 14.9. The second-order valence-corrected chi connectivity index (χ2v) is 6.29. The van der Waals surface area contributed by atoms with E-state index >= 15 is 0 Å². The Kier molecular flexibility index (Phi) is 4.05. The van der Waals surface area contributed by atoms with Crippen LogP contribution in [0.15, 0.2) is 45.8 Å². The van der Waals surface area contributed by atoms with E-state index in [0.717, 1.165) is 12.1 Å². The number of hydrogen-bond donors (Lipinski definition) is 1. The Morgan fingerprint density at radius 2 is 1.75 bits per heavy atom. The monoisotopic (exact) mass is 365 g/mol. The van der Waals surface area contributed by atoms with Crippen LogP contribution in [0.3, 0.4) is 0 Å². The maximum Gasteiger partial charge on any atom is 0.265 e. The summed E-state index contributed by atoms with van der Waals surface area (Å²) in [6.07, 6.45) is 0. The lowest BCUT2D eigenvalue weighted by atomic mass is 10.3. The molecule has 0 saturated heterocycles. The summed E-state index contributed by atoms with van der Waals surface area (Å²) in [7, 11) is -4.43. The molecule has 0 bridgehead atoms. The van der Waals surface area contributed by atoms with Crippen LogP contribution >= 0.6 is 15.9 Å². The summed E-state index contributed by atoms with van der Waals surface area (Å²) in [5, 5.41) is 0. The van der Waals surface area contributed by atoms with E-state index in [1.807, 2.05) is 4.72 Å². The van der Waals surface area contributed by atoms with Gasteiger partial charge in [-0.05, 0) is 46.3 Å². The third-order valence-electron chi connectivity index (χ3n) is 2.38. The molecule has 0 heterocycles. The van der Waals surface area contributed by atoms with Crippen molar-refractivity contribution in [3.63, 3.8) is 0 Å². The summed E-state index contributed by atoms with van der Waals surface area (Å²) < 4.78 is 66.0. The molecule has 1 N–H and O–H groups in total. The molecule has 0 atom stereocenters. The van der Waals surface area contributed by atoms with Gasteiger partial charge in [-0.25, -0.2) is 21.6 Å². The summed E-state index contributed by atoms with van der Waals surface area (Å²) >= 11 is 2.89. The van der Waals surface area contributed by atoms with Crippen LogP contribution < -0.4 is 4.72 Å². The lowest BCUT2D eigenvalue weighted by Crippen LogP contribution is -2.16. The number of nitrogens with one attached hydrogen (secondary N) is 1. The predicted molar refractivity (Wildman–Crippen MR) is 71.3 cm³/mol. The molecule has 0 aliphatic heterocycles. The summed E-state index contributed by atoms with van der Waals surface area (Å²) in [4.78, 5) is -0.892. The van der Waals surface area contributed by atoms with Crippen LogP contribution in [-0.4, -0.2) is 8.42 Å². The third-order valence-corrected chi connectivity index (χ3v) is 4.37. The Bertz CT molecular complexity index is 765. The van der Waals surface area contributed by atoms with Crippen molar-refractivity contribution in [1.82, 2.24) is 0 Å². The topological polar surface area (TPSA) is 46.2 Å². The number of hydrogen-bond acceptors (Lipinski definition) is 2. The maximum absolute atomic E-state index is 13.7. The number of sulfonamides is 1. The van der Waals surface area contributed by atoms with Crippen molar-refractivity contribution >= 4 is 31.6 Å². The fraction of sp³-hybridized carbons (Fsp3) is 0. The highest BCUT2D eigenvalue weighted by atomic mass is 79.9. The van der Waals surface area contributed by atoms with Crippen LogP contribution in [0.25, 0.3) is 0 Å². The van der Waals surface area contributed by atoms with E-state index in [0.29, 0.717) is 12.1 Å². The van der Waals surface area contributed by atoms with Crippen molar-refractivity contribution < 1.29 is 21.6 Å². The van der Waals surface area contributed by atoms with Gasteiger partial charge in [-0.15, -0.1) is 0 Å². The SMILES string of the molecule is O=S(=O)(Nc1cccc(Br)c1F)c1cc(F)ccc1F. The first-order chi connectivity index (χ1) is 9.31. The van der Waals surface area contributed by atoms with Gasteiger partial charge in [0, 0.05) is 0 Å². The zero-order chi connectivity index (χ0) is 14.9. The fourth-order valence-electron chi connectivity index (χ4n) is 1.47. The molecule has 106 valence electrons. The van der Waals surface area contributed by atoms with Crippen molar-refractivity contribution in [2.75, 3.05) is 4.72 Å². The van der Waals surface area contributed by atoms with Gasteiger partial charge in [0.2, 0.25) is 0 Å². The molecule has 0 radical (unpaired) electrons. The second-order valence-electron chi connectivity index (χ2n) is 3.78. The van der Waals surface area contributed by atoms with E-state index in [1.54, 1.807) is 0 Å². The van der Waals surface area contributed by atoms with Gasteiger partial charge in [0.25, 0.3) is 10.0 Å². The average Bonchev–Trinajstić information content (AvgIpc) is 2.37. The van der Waals surface area contributed by atoms with E-state index in [2.05, 4.69) is 15.9 Å². The van der Waals surface area contributed by atoms with Crippen molar-refractivity contribution in [3.05, 3.63) is 58.3 Å². The highest BCUT2D eigenvalue weighted by Gasteiger charge is 2.21. The highest BCUT2D eigenvalue weighted by Crippen LogP contribution is 2.26. The van der Waals surface area contributed by atoms with Crippen molar-refractivity contribution in [2.24, 2.45) is 0 Å². The second kappa shape index (κ2) is 5.45. The van der Waals surface area contributed by atoms with Gasteiger partial charge in [0.1, 0.15) is 16.5 Å². The van der Waals surface area contributed by atoms with Gasteiger partial charge < -0.3 is 0 Å². The van der Waals surface area contributed by atoms with Crippen LogP contribution in [0.5, 0.6) is 0 Å². The molecule has 2 rings (SSSR count). The zero-order valence-electron chi connectivity index (χ0n) is 9.70. The normalized spacial score (nSPS) is 11.4. The molecule has 0 aliphatic carbocycles. The molecule has 2 aromatic rings. The average molecular weight is 366 g/mol. The Balaban J connectivity index is 2.46. The standard InChI is InChI=1S/C12H7BrF3NO2S/c13-8-2-1-3-10(12(8)16)17-20(18,19)11-6-7(14)4-5-9(11)15/h1-6,17H. The first-order valence-corrected chi connectivity index (χ1v) is 7.51. The number of halogens is 4. The fourth-order valence-corrected chi connectivity index (χ4v) is 2.98. The maximum atomic E-state index is 13.7. The number of anilines is 1. The van der Waals surface area contributed by atoms with Gasteiger partial charge in [0.05, 0.1) is 10.2 Å². The molecule has 8 heteroatoms. The van der Waals surface area contributed by atoms with Gasteiger partial charge in [-0.3, -0.25) is 4.72 Å². The quantitative estimate of drug-likeness (QED) is 0.901. The minimum absolute atomic E-state index is 0.0393. The third kappa shape index (κ3) is 2.96. The van der Waals surface area contributed by atoms with Gasteiger partial charge in [-0.1, -0.05) is 6.07 Å². The molecule has 0 amide bonds. The first-order valence-electron chi connectivity index (χ1n) is 5.23. The zero-order valence-corrected chi connectivity index (χ0v) is 12.1. The molecule has 0 unspecified atom stereocenters. The molecule has 0 aromatic heterocycles. The van der Waals surface area contributed by atoms with Crippen molar-refractivity contribution in [1.29, 1.82) is 0 Å². The lowest BCUT2D eigenvalue weighted by Gasteiger charge is -2.10. The van der Waals surface area contributed by atoms with Crippen LogP contribution in [-0.2, 0) is 10.0 Å². The molecule has 0 fully saturated rings. The Hall–Kier alpha value is -1.54. The Labute approximate surface area is 121 Å².